The van der Waals surface area contributed by atoms with Crippen LogP contribution in [0.25, 0.3) is 11.0 Å². The van der Waals surface area contributed by atoms with E-state index < -0.39 is 10.0 Å². The predicted molar refractivity (Wildman–Crippen MR) is 120 cm³/mol. The van der Waals surface area contributed by atoms with E-state index >= 15 is 0 Å². The normalized spacial score (nSPS) is 12.7. The molecule has 0 unspecified atom stereocenters. The largest absolute Gasteiger partial charge is 0.351 e. The second kappa shape index (κ2) is 10.1. The van der Waals surface area contributed by atoms with Gasteiger partial charge in [-0.2, -0.15) is 0 Å². The summed E-state index contributed by atoms with van der Waals surface area (Å²) < 4.78 is 27.4. The number of sulfonamides is 1. The number of aromatic amines is 1. The van der Waals surface area contributed by atoms with E-state index in [1.54, 1.807) is 18.2 Å². The highest BCUT2D eigenvalue weighted by molar-refractivity contribution is 8.00. The zero-order chi connectivity index (χ0) is 21.6. The summed E-state index contributed by atoms with van der Waals surface area (Å²) in [7, 11) is -3.55. The van der Waals surface area contributed by atoms with Crippen LogP contribution in [0, 0.1) is 0 Å². The summed E-state index contributed by atoms with van der Waals surface area (Å²) >= 11 is 1.30. The summed E-state index contributed by atoms with van der Waals surface area (Å²) in [5.41, 5.74) is 2.31. The molecule has 2 aromatic carbocycles. The summed E-state index contributed by atoms with van der Waals surface area (Å²) in [6.45, 7) is 4.70. The predicted octanol–water partition coefficient (Wildman–Crippen LogP) is 3.44. The SMILES string of the molecule is CCCCNS(=O)(=O)c1ccc2nc(S[C@@H](C)C(=O)NCc3ccccc3)[nH]c2c1. The van der Waals surface area contributed by atoms with E-state index in [0.717, 1.165) is 18.4 Å². The molecule has 0 radical (unpaired) electrons. The van der Waals surface area contributed by atoms with Gasteiger partial charge in [-0.25, -0.2) is 18.1 Å². The van der Waals surface area contributed by atoms with Crippen LogP contribution in [0.5, 0.6) is 0 Å². The number of benzene rings is 2. The van der Waals surface area contributed by atoms with Crippen LogP contribution >= 0.6 is 11.8 Å². The quantitative estimate of drug-likeness (QED) is 0.327. The van der Waals surface area contributed by atoms with Gasteiger partial charge >= 0.3 is 0 Å². The lowest BCUT2D eigenvalue weighted by atomic mass is 10.2. The molecule has 160 valence electrons. The maximum atomic E-state index is 12.4. The molecule has 0 spiro atoms. The Balaban J connectivity index is 1.64. The molecule has 0 aliphatic heterocycles. The zero-order valence-corrected chi connectivity index (χ0v) is 18.6. The maximum absolute atomic E-state index is 12.4. The maximum Gasteiger partial charge on any atom is 0.240 e. The van der Waals surface area contributed by atoms with Crippen LogP contribution in [-0.2, 0) is 21.4 Å². The highest BCUT2D eigenvalue weighted by atomic mass is 32.2. The Morgan fingerprint density at radius 3 is 2.70 bits per heavy atom. The Bertz CT molecular complexity index is 1100. The Hall–Kier alpha value is -2.36. The molecule has 0 saturated carbocycles. The first-order chi connectivity index (χ1) is 14.4. The summed E-state index contributed by atoms with van der Waals surface area (Å²) in [6, 6.07) is 14.5. The number of hydrogen-bond acceptors (Lipinski definition) is 5. The van der Waals surface area contributed by atoms with Crippen molar-refractivity contribution in [2.45, 2.75) is 48.5 Å². The number of carbonyl (C=O) groups excluding carboxylic acids is 1. The second-order valence-corrected chi connectivity index (χ2v) is 10.0. The van der Waals surface area contributed by atoms with Crippen LogP contribution in [0.3, 0.4) is 0 Å². The third kappa shape index (κ3) is 5.84. The number of H-pyrrole nitrogens is 1. The smallest absolute Gasteiger partial charge is 0.240 e. The van der Waals surface area contributed by atoms with Gasteiger partial charge in [0.05, 0.1) is 21.2 Å². The number of imidazole rings is 1. The molecule has 7 nitrogen and oxygen atoms in total. The molecule has 9 heteroatoms. The van der Waals surface area contributed by atoms with Crippen LogP contribution in [-0.4, -0.2) is 36.1 Å². The monoisotopic (exact) mass is 446 g/mol. The molecule has 0 aliphatic carbocycles. The molecule has 0 fully saturated rings. The van der Waals surface area contributed by atoms with Crippen LogP contribution in [0.4, 0.5) is 0 Å². The molecule has 3 aromatic rings. The van der Waals surface area contributed by atoms with E-state index in [-0.39, 0.29) is 16.1 Å². The van der Waals surface area contributed by atoms with Gasteiger partial charge in [-0.3, -0.25) is 4.79 Å². The van der Waals surface area contributed by atoms with Crippen molar-refractivity contribution in [2.24, 2.45) is 0 Å². The first-order valence-corrected chi connectivity index (χ1v) is 12.2. The third-order valence-corrected chi connectivity index (χ3v) is 6.97. The Morgan fingerprint density at radius 2 is 1.97 bits per heavy atom. The number of carbonyl (C=O) groups is 1. The first-order valence-electron chi connectivity index (χ1n) is 9.87. The van der Waals surface area contributed by atoms with Crippen molar-refractivity contribution in [1.82, 2.24) is 20.0 Å². The van der Waals surface area contributed by atoms with Gasteiger partial charge in [0.25, 0.3) is 0 Å². The second-order valence-electron chi connectivity index (χ2n) is 6.94. The Morgan fingerprint density at radius 1 is 1.20 bits per heavy atom. The highest BCUT2D eigenvalue weighted by Crippen LogP contribution is 2.25. The first kappa shape index (κ1) is 22.3. The molecule has 1 amide bonds. The van der Waals surface area contributed by atoms with Gasteiger partial charge in [-0.1, -0.05) is 55.4 Å². The van der Waals surface area contributed by atoms with Crippen molar-refractivity contribution < 1.29 is 13.2 Å². The van der Waals surface area contributed by atoms with Crippen molar-refractivity contribution in [1.29, 1.82) is 0 Å². The van der Waals surface area contributed by atoms with Crippen LogP contribution < -0.4 is 10.0 Å². The molecule has 0 saturated heterocycles. The average Bonchev–Trinajstić information content (AvgIpc) is 3.14. The number of unbranched alkanes of at least 4 members (excludes halogenated alkanes) is 1. The standard InChI is InChI=1S/C21H26N4O3S2/c1-3-4-12-23-30(27,28)17-10-11-18-19(13-17)25-21(24-18)29-15(2)20(26)22-14-16-8-6-5-7-9-16/h5-11,13,15,23H,3-4,12,14H2,1-2H3,(H,22,26)(H,24,25)/t15-/m0/s1. The van der Waals surface area contributed by atoms with E-state index in [0.29, 0.717) is 29.3 Å². The number of fused-ring (bicyclic) bond motifs is 1. The lowest BCUT2D eigenvalue weighted by Crippen LogP contribution is -2.30. The van der Waals surface area contributed by atoms with Crippen molar-refractivity contribution in [3.63, 3.8) is 0 Å². The number of hydrogen-bond donors (Lipinski definition) is 3. The molecule has 1 atom stereocenters. The number of rotatable bonds is 10. The fourth-order valence-corrected chi connectivity index (χ4v) is 4.75. The average molecular weight is 447 g/mol. The number of nitrogens with zero attached hydrogens (tertiary/aromatic N) is 1. The highest BCUT2D eigenvalue weighted by Gasteiger charge is 2.18. The van der Waals surface area contributed by atoms with Gasteiger partial charge in [0.2, 0.25) is 15.9 Å². The lowest BCUT2D eigenvalue weighted by molar-refractivity contribution is -0.120. The van der Waals surface area contributed by atoms with Gasteiger partial charge in [0.1, 0.15) is 0 Å². The Labute approximate surface area is 181 Å². The molecule has 3 N–H and O–H groups in total. The minimum Gasteiger partial charge on any atom is -0.351 e. The van der Waals surface area contributed by atoms with Gasteiger partial charge in [0.15, 0.2) is 5.16 Å². The molecule has 0 aliphatic rings. The fraction of sp³-hybridized carbons (Fsp3) is 0.333. The molecule has 3 rings (SSSR count). The molecule has 1 heterocycles. The van der Waals surface area contributed by atoms with Crippen LogP contribution in [0.1, 0.15) is 32.3 Å². The van der Waals surface area contributed by atoms with E-state index in [1.165, 1.54) is 11.8 Å². The molecule has 30 heavy (non-hydrogen) atoms. The number of nitrogens with one attached hydrogen (secondary N) is 3. The van der Waals surface area contributed by atoms with E-state index in [1.807, 2.05) is 44.2 Å². The van der Waals surface area contributed by atoms with E-state index in [4.69, 9.17) is 0 Å². The van der Waals surface area contributed by atoms with Crippen LogP contribution in [0.2, 0.25) is 0 Å². The minimum atomic E-state index is -3.55. The van der Waals surface area contributed by atoms with Crippen molar-refractivity contribution >= 4 is 38.7 Å². The Kier molecular flexibility index (Phi) is 7.52. The molecular weight excluding hydrogens is 420 g/mol. The van der Waals surface area contributed by atoms with Crippen molar-refractivity contribution in [3.05, 3.63) is 54.1 Å². The van der Waals surface area contributed by atoms with E-state index in [9.17, 15) is 13.2 Å². The van der Waals surface area contributed by atoms with Gasteiger partial charge < -0.3 is 10.3 Å². The fourth-order valence-electron chi connectivity index (χ4n) is 2.80. The third-order valence-electron chi connectivity index (χ3n) is 4.53. The summed E-state index contributed by atoms with van der Waals surface area (Å²) in [4.78, 5) is 20.2. The van der Waals surface area contributed by atoms with Gasteiger partial charge in [-0.15, -0.1) is 0 Å². The summed E-state index contributed by atoms with van der Waals surface area (Å²) in [5.74, 6) is -0.0901. The van der Waals surface area contributed by atoms with Crippen molar-refractivity contribution in [2.75, 3.05) is 6.54 Å². The lowest BCUT2D eigenvalue weighted by Gasteiger charge is -2.10. The number of amides is 1. The zero-order valence-electron chi connectivity index (χ0n) is 17.0. The van der Waals surface area contributed by atoms with Crippen LogP contribution in [0.15, 0.2) is 58.6 Å². The summed E-state index contributed by atoms with van der Waals surface area (Å²) in [5, 5.41) is 3.13. The summed E-state index contributed by atoms with van der Waals surface area (Å²) in [6.07, 6.45) is 1.70. The number of aromatic nitrogens is 2. The van der Waals surface area contributed by atoms with Gasteiger partial charge in [-0.05, 0) is 37.1 Å². The molecular formula is C21H26N4O3S2. The minimum absolute atomic E-state index is 0.0901. The topological polar surface area (TPSA) is 104 Å². The molecule has 1 aromatic heterocycles. The molecule has 0 bridgehead atoms. The van der Waals surface area contributed by atoms with E-state index in [2.05, 4.69) is 20.0 Å². The van der Waals surface area contributed by atoms with Crippen molar-refractivity contribution in [3.8, 4) is 0 Å². The van der Waals surface area contributed by atoms with Gasteiger partial charge in [0, 0.05) is 13.1 Å². The number of thioether (sulfide) groups is 1.